The largest absolute Gasteiger partial charge is 0.378 e. The van der Waals surface area contributed by atoms with Gasteiger partial charge in [-0.2, -0.15) is 0 Å². The van der Waals surface area contributed by atoms with E-state index < -0.39 is 0 Å². The fraction of sp³-hybridized carbons (Fsp3) is 0.632. The molecule has 2 aromatic rings. The van der Waals surface area contributed by atoms with Gasteiger partial charge in [0.25, 0.3) is 0 Å². The van der Waals surface area contributed by atoms with Crippen molar-refractivity contribution in [2.75, 3.05) is 19.7 Å². The molecule has 1 aliphatic heterocycles. The number of nitrogens with one attached hydrogen (secondary N) is 2. The third kappa shape index (κ3) is 4.28. The van der Waals surface area contributed by atoms with E-state index in [1.807, 2.05) is 19.2 Å². The summed E-state index contributed by atoms with van der Waals surface area (Å²) in [6.45, 7) is 3.09. The van der Waals surface area contributed by atoms with Crippen LogP contribution in [-0.4, -0.2) is 35.4 Å². The summed E-state index contributed by atoms with van der Waals surface area (Å²) in [4.78, 5) is 14.7. The van der Waals surface area contributed by atoms with Crippen molar-refractivity contribution in [3.8, 4) is 0 Å². The maximum Gasteiger partial charge on any atom is 0.326 e. The monoisotopic (exact) mass is 331 g/mol. The number of para-hydroxylation sites is 1. The summed E-state index contributed by atoms with van der Waals surface area (Å²) in [6.07, 6.45) is 8.54. The van der Waals surface area contributed by atoms with Gasteiger partial charge in [-0.3, -0.25) is 4.57 Å². The lowest BCUT2D eigenvalue weighted by Crippen LogP contribution is -2.32. The predicted octanol–water partition coefficient (Wildman–Crippen LogP) is 2.74. The zero-order chi connectivity index (χ0) is 16.8. The molecule has 2 N–H and O–H groups in total. The maximum absolute atomic E-state index is 11.8. The van der Waals surface area contributed by atoms with Gasteiger partial charge >= 0.3 is 5.69 Å². The number of H-pyrrole nitrogens is 1. The van der Waals surface area contributed by atoms with Gasteiger partial charge in [-0.1, -0.05) is 25.0 Å². The summed E-state index contributed by atoms with van der Waals surface area (Å²) in [7, 11) is 1.84. The minimum atomic E-state index is -0.0347. The average molecular weight is 331 g/mol. The van der Waals surface area contributed by atoms with Crippen LogP contribution in [0.15, 0.2) is 23.0 Å². The summed E-state index contributed by atoms with van der Waals surface area (Å²) in [5.74, 6) is 0. The number of aromatic amines is 1. The fourth-order valence-electron chi connectivity index (χ4n) is 3.57. The van der Waals surface area contributed by atoms with Gasteiger partial charge in [0.1, 0.15) is 0 Å². The molecule has 0 spiro atoms. The quantitative estimate of drug-likeness (QED) is 0.731. The van der Waals surface area contributed by atoms with Crippen molar-refractivity contribution in [3.63, 3.8) is 0 Å². The van der Waals surface area contributed by atoms with Gasteiger partial charge in [0.2, 0.25) is 0 Å². The van der Waals surface area contributed by atoms with E-state index >= 15 is 0 Å². The molecular formula is C19H29N3O2. The molecule has 5 nitrogen and oxygen atoms in total. The Morgan fingerprint density at radius 2 is 1.96 bits per heavy atom. The SMILES string of the molecule is Cn1c(=O)[nH]c2cccc(CCCCCCOC3CCNCC3)c21. The molecule has 0 unspecified atom stereocenters. The third-order valence-corrected chi connectivity index (χ3v) is 4.98. The van der Waals surface area contributed by atoms with Gasteiger partial charge in [0, 0.05) is 13.7 Å². The Morgan fingerprint density at radius 3 is 2.79 bits per heavy atom. The maximum atomic E-state index is 11.8. The second-order valence-electron chi connectivity index (χ2n) is 6.79. The van der Waals surface area contributed by atoms with Gasteiger partial charge in [-0.15, -0.1) is 0 Å². The van der Waals surface area contributed by atoms with E-state index in [1.165, 1.54) is 18.4 Å². The van der Waals surface area contributed by atoms with E-state index in [2.05, 4.69) is 16.4 Å². The van der Waals surface area contributed by atoms with Crippen LogP contribution in [0.3, 0.4) is 0 Å². The van der Waals surface area contributed by atoms with Crippen molar-refractivity contribution in [1.82, 2.24) is 14.9 Å². The average Bonchev–Trinajstić information content (AvgIpc) is 2.90. The molecule has 0 bridgehead atoms. The molecular weight excluding hydrogens is 302 g/mol. The van der Waals surface area contributed by atoms with Crippen molar-refractivity contribution in [2.24, 2.45) is 7.05 Å². The van der Waals surface area contributed by atoms with Crippen molar-refractivity contribution >= 4 is 11.0 Å². The molecule has 1 aromatic heterocycles. The Bertz CT molecular complexity index is 698. The van der Waals surface area contributed by atoms with E-state index in [0.717, 1.165) is 62.8 Å². The van der Waals surface area contributed by atoms with Crippen LogP contribution in [0.5, 0.6) is 0 Å². The number of hydrogen-bond donors (Lipinski definition) is 2. The molecule has 3 rings (SSSR count). The number of fused-ring (bicyclic) bond motifs is 1. The van der Waals surface area contributed by atoms with Gasteiger partial charge in [0.05, 0.1) is 17.1 Å². The predicted molar refractivity (Wildman–Crippen MR) is 97.6 cm³/mol. The summed E-state index contributed by atoms with van der Waals surface area (Å²) in [5, 5.41) is 3.36. The molecule has 1 saturated heterocycles. The fourth-order valence-corrected chi connectivity index (χ4v) is 3.57. The molecule has 0 radical (unpaired) electrons. The van der Waals surface area contributed by atoms with E-state index in [-0.39, 0.29) is 5.69 Å². The van der Waals surface area contributed by atoms with Gasteiger partial charge < -0.3 is 15.0 Å². The van der Waals surface area contributed by atoms with Crippen LogP contribution in [0.4, 0.5) is 0 Å². The standard InChI is InChI=1S/C19H29N3O2/c1-22-18-15(8-6-9-17(18)21-19(22)23)7-4-2-3-5-14-24-16-10-12-20-13-11-16/h6,8-9,16,20H,2-5,7,10-14H2,1H3,(H,21,23). The molecule has 1 fully saturated rings. The highest BCUT2D eigenvalue weighted by molar-refractivity contribution is 5.78. The topological polar surface area (TPSA) is 59.0 Å². The first kappa shape index (κ1) is 17.2. The summed E-state index contributed by atoms with van der Waals surface area (Å²) in [6, 6.07) is 6.13. The lowest BCUT2D eigenvalue weighted by atomic mass is 10.0. The van der Waals surface area contributed by atoms with E-state index in [9.17, 15) is 4.79 Å². The Labute approximate surface area is 143 Å². The Balaban J connectivity index is 1.37. The van der Waals surface area contributed by atoms with E-state index in [4.69, 9.17) is 4.74 Å². The van der Waals surface area contributed by atoms with Crippen LogP contribution < -0.4 is 11.0 Å². The first-order chi connectivity index (χ1) is 11.8. The molecule has 0 amide bonds. The van der Waals surface area contributed by atoms with Crippen molar-refractivity contribution in [3.05, 3.63) is 34.2 Å². The summed E-state index contributed by atoms with van der Waals surface area (Å²) in [5.41, 5.74) is 3.22. The lowest BCUT2D eigenvalue weighted by molar-refractivity contribution is 0.0307. The zero-order valence-electron chi connectivity index (χ0n) is 14.6. The minimum absolute atomic E-state index is 0.0347. The van der Waals surface area contributed by atoms with Gasteiger partial charge in [0.15, 0.2) is 0 Å². The zero-order valence-corrected chi connectivity index (χ0v) is 14.6. The number of aryl methyl sites for hydroxylation is 2. The summed E-state index contributed by atoms with van der Waals surface area (Å²) >= 11 is 0. The molecule has 1 aromatic carbocycles. The Kier molecular flexibility index (Phi) is 6.10. The van der Waals surface area contributed by atoms with Crippen LogP contribution in [0, 0.1) is 0 Å². The number of ether oxygens (including phenoxy) is 1. The van der Waals surface area contributed by atoms with Crippen LogP contribution in [0.2, 0.25) is 0 Å². The number of aromatic nitrogens is 2. The number of unbranched alkanes of at least 4 members (excludes halogenated alkanes) is 3. The van der Waals surface area contributed by atoms with Gasteiger partial charge in [-0.05, 0) is 56.8 Å². The Morgan fingerprint density at radius 1 is 1.17 bits per heavy atom. The molecule has 132 valence electrons. The highest BCUT2D eigenvalue weighted by Crippen LogP contribution is 2.18. The molecule has 24 heavy (non-hydrogen) atoms. The van der Waals surface area contributed by atoms with Gasteiger partial charge in [-0.25, -0.2) is 4.79 Å². The van der Waals surface area contributed by atoms with Crippen LogP contribution in [0.25, 0.3) is 11.0 Å². The van der Waals surface area contributed by atoms with Crippen LogP contribution in [0.1, 0.15) is 44.1 Å². The van der Waals surface area contributed by atoms with E-state index in [1.54, 1.807) is 4.57 Å². The molecule has 1 aliphatic rings. The summed E-state index contributed by atoms with van der Waals surface area (Å²) < 4.78 is 7.66. The molecule has 0 saturated carbocycles. The smallest absolute Gasteiger partial charge is 0.326 e. The number of nitrogens with zero attached hydrogens (tertiary/aromatic N) is 1. The lowest BCUT2D eigenvalue weighted by Gasteiger charge is -2.22. The van der Waals surface area contributed by atoms with Crippen LogP contribution >= 0.6 is 0 Å². The number of benzene rings is 1. The normalized spacial score (nSPS) is 16.0. The number of piperidine rings is 1. The Hall–Kier alpha value is -1.59. The second kappa shape index (κ2) is 8.49. The minimum Gasteiger partial charge on any atom is -0.378 e. The van der Waals surface area contributed by atoms with Crippen LogP contribution in [-0.2, 0) is 18.2 Å². The third-order valence-electron chi connectivity index (χ3n) is 4.98. The molecule has 0 aliphatic carbocycles. The molecule has 5 heteroatoms. The van der Waals surface area contributed by atoms with Crippen molar-refractivity contribution in [2.45, 2.75) is 51.0 Å². The van der Waals surface area contributed by atoms with E-state index in [0.29, 0.717) is 6.10 Å². The molecule has 2 heterocycles. The van der Waals surface area contributed by atoms with Crippen molar-refractivity contribution < 1.29 is 4.74 Å². The van der Waals surface area contributed by atoms with Crippen molar-refractivity contribution in [1.29, 1.82) is 0 Å². The highest BCUT2D eigenvalue weighted by Gasteiger charge is 2.12. The number of rotatable bonds is 8. The first-order valence-electron chi connectivity index (χ1n) is 9.24. The second-order valence-corrected chi connectivity index (χ2v) is 6.79. The molecule has 0 atom stereocenters. The highest BCUT2D eigenvalue weighted by atomic mass is 16.5. The first-order valence-corrected chi connectivity index (χ1v) is 9.24. The number of imidazole rings is 1. The number of hydrogen-bond acceptors (Lipinski definition) is 3.